The molecule has 0 radical (unpaired) electrons. The van der Waals surface area contributed by atoms with Gasteiger partial charge in [-0.2, -0.15) is 10.5 Å². The minimum absolute atomic E-state index is 0.484. The molecule has 0 saturated carbocycles. The van der Waals surface area contributed by atoms with E-state index in [-0.39, 0.29) is 0 Å². The molecule has 0 aliphatic heterocycles. The van der Waals surface area contributed by atoms with Crippen LogP contribution in [0.2, 0.25) is 0 Å². The van der Waals surface area contributed by atoms with Gasteiger partial charge in [-0.25, -0.2) is 11.4 Å². The van der Waals surface area contributed by atoms with Crippen LogP contribution in [0.5, 0.6) is 0 Å². The Morgan fingerprint density at radius 2 is 2.17 bits per heavy atom. The molecule has 0 aromatic rings. The molecule has 12 heavy (non-hydrogen) atoms. The molecule has 0 aliphatic carbocycles. The van der Waals surface area contributed by atoms with Crippen molar-refractivity contribution in [3.8, 4) is 12.1 Å². The second-order valence-corrected chi connectivity index (χ2v) is 1.44. The zero-order valence-electron chi connectivity index (χ0n) is 5.85. The lowest BCUT2D eigenvalue weighted by atomic mass is 10.4. The van der Waals surface area contributed by atoms with E-state index in [1.165, 1.54) is 12.1 Å². The van der Waals surface area contributed by atoms with Crippen molar-refractivity contribution in [3.05, 3.63) is 11.4 Å². The molecule has 0 bridgehead atoms. The molecule has 0 aliphatic rings. The van der Waals surface area contributed by atoms with Crippen LogP contribution >= 0.6 is 0 Å². The van der Waals surface area contributed by atoms with Crippen molar-refractivity contribution in [2.75, 3.05) is 6.73 Å². The smallest absolute Gasteiger partial charge is 0.401 e. The highest BCUT2D eigenvalue weighted by Crippen LogP contribution is 1.92. The van der Waals surface area contributed by atoms with Gasteiger partial charge in [0.2, 0.25) is 0 Å². The summed E-state index contributed by atoms with van der Waals surface area (Å²) >= 11 is 0. The summed E-state index contributed by atoms with van der Waals surface area (Å²) in [5.74, 6) is 0. The molecule has 0 rings (SSSR count). The summed E-state index contributed by atoms with van der Waals surface area (Å²) in [4.78, 5) is 13.1. The third-order valence-electron chi connectivity index (χ3n) is 0.696. The van der Waals surface area contributed by atoms with Crippen molar-refractivity contribution in [1.29, 1.82) is 10.5 Å². The lowest BCUT2D eigenvalue weighted by molar-refractivity contribution is 0.0587. The molecule has 0 aromatic carbocycles. The number of hydrogen-bond acceptors (Lipinski definition) is 5. The maximum Gasteiger partial charge on any atom is 0.516 e. The Balaban J connectivity index is 3.80. The maximum atomic E-state index is 10.4. The van der Waals surface area contributed by atoms with E-state index in [4.69, 9.17) is 17.1 Å². The summed E-state index contributed by atoms with van der Waals surface area (Å²) in [5.41, 5.74) is 0. The van der Waals surface area contributed by atoms with Gasteiger partial charge in [-0.05, 0) is 0 Å². The van der Waals surface area contributed by atoms with E-state index in [9.17, 15) is 4.79 Å². The van der Waals surface area contributed by atoms with E-state index in [1.54, 1.807) is 0 Å². The molecule has 0 aromatic heterocycles. The van der Waals surface area contributed by atoms with Gasteiger partial charge in [-0.3, -0.25) is 4.85 Å². The predicted molar refractivity (Wildman–Crippen MR) is 34.0 cm³/mol. The molecule has 0 N–H and O–H groups in total. The number of nitrogens with zero attached hydrogens (tertiary/aromatic N) is 3. The molecule has 0 atom stereocenters. The first-order valence-electron chi connectivity index (χ1n) is 2.70. The third-order valence-corrected chi connectivity index (χ3v) is 0.696. The number of rotatable bonds is 2. The lowest BCUT2D eigenvalue weighted by Gasteiger charge is -1.99. The summed E-state index contributed by atoms with van der Waals surface area (Å²) in [6.07, 6.45) is -2.68. The van der Waals surface area contributed by atoms with Gasteiger partial charge in [0, 0.05) is 0 Å². The monoisotopic (exact) mass is 165 g/mol. The molecule has 0 unspecified atom stereocenters. The summed E-state index contributed by atoms with van der Waals surface area (Å²) in [6, 6.07) is 2.79. The lowest BCUT2D eigenvalue weighted by Crippen LogP contribution is -2.15. The van der Waals surface area contributed by atoms with Crippen molar-refractivity contribution in [1.82, 2.24) is 0 Å². The Morgan fingerprint density at radius 3 is 2.58 bits per heavy atom. The molecule has 6 heteroatoms. The molecule has 60 valence electrons. The number of nitriles is 2. The first kappa shape index (κ1) is 9.74. The van der Waals surface area contributed by atoms with E-state index >= 15 is 0 Å². The van der Waals surface area contributed by atoms with Crippen LogP contribution in [0.15, 0.2) is 0 Å². The van der Waals surface area contributed by atoms with Crippen LogP contribution in [0.3, 0.4) is 0 Å². The minimum atomic E-state index is -1.48. The molecule has 0 heterocycles. The van der Waals surface area contributed by atoms with Gasteiger partial charge in [-0.1, -0.05) is 0 Å². The first-order chi connectivity index (χ1) is 5.74. The predicted octanol–water partition coefficient (Wildman–Crippen LogP) is 0.432. The maximum absolute atomic E-state index is 10.4. The van der Waals surface area contributed by atoms with Gasteiger partial charge >= 0.3 is 12.9 Å². The van der Waals surface area contributed by atoms with Crippen LogP contribution < -0.4 is 0 Å². The topological polar surface area (TPSA) is 87.5 Å². The van der Waals surface area contributed by atoms with Crippen molar-refractivity contribution >= 4 is 6.16 Å². The van der Waals surface area contributed by atoms with Crippen LogP contribution in [0.4, 0.5) is 4.79 Å². The van der Waals surface area contributed by atoms with Crippen molar-refractivity contribution < 1.29 is 14.3 Å². The number of carbonyl (C=O) groups excluding carboxylic acids is 1. The summed E-state index contributed by atoms with van der Waals surface area (Å²) in [6.45, 7) is 5.75. The van der Waals surface area contributed by atoms with Crippen LogP contribution in [-0.2, 0) is 9.47 Å². The van der Waals surface area contributed by atoms with Crippen LogP contribution in [0.1, 0.15) is 0 Å². The Kier molecular flexibility index (Phi) is 4.48. The molecule has 0 fully saturated rings. The molecular weight excluding hydrogens is 162 g/mol. The fourth-order valence-corrected chi connectivity index (χ4v) is 0.297. The third kappa shape index (κ3) is 3.71. The highest BCUT2D eigenvalue weighted by Gasteiger charge is 2.13. The van der Waals surface area contributed by atoms with Gasteiger partial charge in [-0.15, -0.1) is 0 Å². The average Bonchev–Trinajstić information content (AvgIpc) is 2.10. The van der Waals surface area contributed by atoms with Crippen molar-refractivity contribution in [3.63, 3.8) is 0 Å². The Morgan fingerprint density at radius 1 is 1.58 bits per heavy atom. The Hall–Kier alpha value is -2.26. The van der Waals surface area contributed by atoms with Crippen LogP contribution in [0.25, 0.3) is 4.85 Å². The Labute approximate surface area is 68.3 Å². The van der Waals surface area contributed by atoms with Gasteiger partial charge < -0.3 is 9.47 Å². The molecule has 0 saturated heterocycles. The molecule has 0 spiro atoms. The summed E-state index contributed by atoms with van der Waals surface area (Å²) in [5, 5.41) is 16.3. The van der Waals surface area contributed by atoms with Gasteiger partial charge in [0.25, 0.3) is 6.10 Å². The van der Waals surface area contributed by atoms with Crippen LogP contribution in [-0.4, -0.2) is 19.0 Å². The van der Waals surface area contributed by atoms with E-state index in [1.807, 2.05) is 0 Å². The zero-order valence-corrected chi connectivity index (χ0v) is 5.85. The van der Waals surface area contributed by atoms with E-state index in [0.29, 0.717) is 0 Å². The van der Waals surface area contributed by atoms with E-state index < -0.39 is 19.0 Å². The highest BCUT2D eigenvalue weighted by atomic mass is 16.7. The number of carbonyl (C=O) groups is 1. The minimum Gasteiger partial charge on any atom is -0.401 e. The standard InChI is InChI=1S/C6H3N3O3/c1-9-4-11-6(10)12-5(2-7)3-8/h5H,4H2. The number of hydrogen-bond donors (Lipinski definition) is 0. The zero-order chi connectivity index (χ0) is 9.40. The summed E-state index contributed by atoms with van der Waals surface area (Å²) < 4.78 is 8.23. The number of ether oxygens (including phenoxy) is 2. The van der Waals surface area contributed by atoms with Gasteiger partial charge in [0.15, 0.2) is 0 Å². The largest absolute Gasteiger partial charge is 0.516 e. The molecule has 0 amide bonds. The fourth-order valence-electron chi connectivity index (χ4n) is 0.297. The quantitative estimate of drug-likeness (QED) is 0.437. The van der Waals surface area contributed by atoms with Crippen molar-refractivity contribution in [2.45, 2.75) is 6.10 Å². The fraction of sp³-hybridized carbons (Fsp3) is 0.333. The van der Waals surface area contributed by atoms with E-state index in [2.05, 4.69) is 14.3 Å². The second kappa shape index (κ2) is 5.52. The molecular formula is C6H3N3O3. The first-order valence-corrected chi connectivity index (χ1v) is 2.70. The van der Waals surface area contributed by atoms with Gasteiger partial charge in [0.05, 0.1) is 0 Å². The van der Waals surface area contributed by atoms with E-state index in [0.717, 1.165) is 0 Å². The Bertz CT molecular complexity index is 266. The average molecular weight is 165 g/mol. The van der Waals surface area contributed by atoms with Crippen molar-refractivity contribution in [2.24, 2.45) is 0 Å². The van der Waals surface area contributed by atoms with Crippen LogP contribution in [0, 0.1) is 29.2 Å². The highest BCUT2D eigenvalue weighted by molar-refractivity contribution is 5.60. The normalized spacial score (nSPS) is 7.50. The second-order valence-electron chi connectivity index (χ2n) is 1.44. The van der Waals surface area contributed by atoms with Gasteiger partial charge in [0.1, 0.15) is 12.1 Å². The molecule has 6 nitrogen and oxygen atoms in total. The summed E-state index contributed by atoms with van der Waals surface area (Å²) in [7, 11) is 0. The SMILES string of the molecule is [C-]#[N+]COC(=O)OC(C#N)C#N.